The Balaban J connectivity index is 2.73. The largest absolute Gasteiger partial charge is 0.366 e. The monoisotopic (exact) mass is 172 g/mol. The summed E-state index contributed by atoms with van der Waals surface area (Å²) in [4.78, 5) is 11.4. The van der Waals surface area contributed by atoms with Crippen molar-refractivity contribution in [3.8, 4) is 0 Å². The first kappa shape index (κ1) is 8.19. The molecule has 0 saturated heterocycles. The van der Waals surface area contributed by atoms with E-state index in [0.29, 0.717) is 12.1 Å². The van der Waals surface area contributed by atoms with Crippen LogP contribution in [0.2, 0.25) is 0 Å². The lowest BCUT2D eigenvalue weighted by atomic mass is 10.3. The first-order valence-electron chi connectivity index (χ1n) is 2.98. The number of primary amides is 1. The van der Waals surface area contributed by atoms with E-state index in [-0.39, 0.29) is 0 Å². The number of nitrogens with two attached hydrogens (primary N) is 1. The maximum Gasteiger partial charge on any atom is 0.249 e. The van der Waals surface area contributed by atoms with Crippen molar-refractivity contribution in [1.82, 2.24) is 5.48 Å². The van der Waals surface area contributed by atoms with E-state index >= 15 is 0 Å². The number of amides is 1. The molecule has 0 aromatic carbocycles. The van der Waals surface area contributed by atoms with E-state index in [1.165, 1.54) is 11.3 Å². The van der Waals surface area contributed by atoms with Gasteiger partial charge in [-0.2, -0.15) is 0 Å². The van der Waals surface area contributed by atoms with Crippen molar-refractivity contribution in [2.75, 3.05) is 0 Å². The quantitative estimate of drug-likeness (QED) is 0.575. The van der Waals surface area contributed by atoms with Crippen LogP contribution in [0.4, 0.5) is 0 Å². The lowest BCUT2D eigenvalue weighted by Crippen LogP contribution is -2.09. The lowest BCUT2D eigenvalue weighted by molar-refractivity contribution is 0.100. The second kappa shape index (κ2) is 3.47. The average Bonchev–Trinajstić information content (AvgIpc) is 2.37. The Hall–Kier alpha value is -0.910. The van der Waals surface area contributed by atoms with Crippen LogP contribution < -0.4 is 11.2 Å². The molecule has 4 nitrogen and oxygen atoms in total. The minimum absolute atomic E-state index is 0.345. The van der Waals surface area contributed by atoms with Crippen LogP contribution in [0.1, 0.15) is 15.2 Å². The highest BCUT2D eigenvalue weighted by Gasteiger charge is 2.03. The Labute approximate surface area is 67.6 Å². The summed E-state index contributed by atoms with van der Waals surface area (Å²) in [5.41, 5.74) is 7.49. The fourth-order valence-electron chi connectivity index (χ4n) is 0.680. The van der Waals surface area contributed by atoms with Crippen molar-refractivity contribution in [2.45, 2.75) is 6.54 Å². The predicted octanol–water partition coefficient (Wildman–Crippen LogP) is 0.326. The molecular formula is C6H8N2O2S. The van der Waals surface area contributed by atoms with Gasteiger partial charge in [0, 0.05) is 10.3 Å². The molecule has 0 unspecified atom stereocenters. The van der Waals surface area contributed by atoms with Crippen LogP contribution in [-0.2, 0) is 6.54 Å². The van der Waals surface area contributed by atoms with E-state index in [0.717, 1.165) is 4.88 Å². The van der Waals surface area contributed by atoms with Crippen LogP contribution in [0, 0.1) is 0 Å². The molecule has 0 aliphatic heterocycles. The van der Waals surface area contributed by atoms with Crippen LogP contribution in [0.25, 0.3) is 0 Å². The molecular weight excluding hydrogens is 164 g/mol. The van der Waals surface area contributed by atoms with Crippen molar-refractivity contribution < 1.29 is 10.0 Å². The minimum atomic E-state index is -0.439. The number of carbonyl (C=O) groups excluding carboxylic acids is 1. The molecule has 1 heterocycles. The maximum atomic E-state index is 10.6. The average molecular weight is 172 g/mol. The van der Waals surface area contributed by atoms with Gasteiger partial charge >= 0.3 is 0 Å². The molecule has 60 valence electrons. The number of hydrogen-bond donors (Lipinski definition) is 3. The van der Waals surface area contributed by atoms with E-state index < -0.39 is 5.91 Å². The molecule has 1 rings (SSSR count). The summed E-state index contributed by atoms with van der Waals surface area (Å²) in [6.45, 7) is 0.345. The molecule has 4 N–H and O–H groups in total. The van der Waals surface area contributed by atoms with Crippen LogP contribution in [0.3, 0.4) is 0 Å². The maximum absolute atomic E-state index is 10.6. The van der Waals surface area contributed by atoms with Crippen molar-refractivity contribution in [3.63, 3.8) is 0 Å². The Morgan fingerprint density at radius 1 is 1.82 bits per heavy atom. The van der Waals surface area contributed by atoms with Crippen molar-refractivity contribution in [2.24, 2.45) is 5.73 Å². The SMILES string of the molecule is NC(=O)c1csc(CNO)c1. The Morgan fingerprint density at radius 2 is 2.55 bits per heavy atom. The molecule has 0 atom stereocenters. The summed E-state index contributed by atoms with van der Waals surface area (Å²) >= 11 is 1.38. The van der Waals surface area contributed by atoms with E-state index in [4.69, 9.17) is 10.9 Å². The van der Waals surface area contributed by atoms with Crippen molar-refractivity contribution >= 4 is 17.2 Å². The first-order chi connectivity index (χ1) is 5.24. The zero-order chi connectivity index (χ0) is 8.27. The fraction of sp³-hybridized carbons (Fsp3) is 0.167. The summed E-state index contributed by atoms with van der Waals surface area (Å²) in [6, 6.07) is 1.65. The van der Waals surface area contributed by atoms with Crippen LogP contribution in [-0.4, -0.2) is 11.1 Å². The number of carbonyl (C=O) groups is 1. The molecule has 0 spiro atoms. The van der Waals surface area contributed by atoms with Gasteiger partial charge in [0.25, 0.3) is 0 Å². The van der Waals surface area contributed by atoms with Gasteiger partial charge in [-0.1, -0.05) is 0 Å². The number of hydrogen-bond acceptors (Lipinski definition) is 4. The summed E-state index contributed by atoms with van der Waals surface area (Å²) in [5, 5.41) is 9.97. The minimum Gasteiger partial charge on any atom is -0.366 e. The first-order valence-corrected chi connectivity index (χ1v) is 3.86. The molecule has 0 radical (unpaired) electrons. The second-order valence-corrected chi connectivity index (χ2v) is 3.00. The van der Waals surface area contributed by atoms with Gasteiger partial charge in [-0.15, -0.1) is 11.3 Å². The van der Waals surface area contributed by atoms with Gasteiger partial charge in [-0.05, 0) is 6.07 Å². The topological polar surface area (TPSA) is 75.4 Å². The Bertz CT molecular complexity index is 259. The predicted molar refractivity (Wildman–Crippen MR) is 41.5 cm³/mol. The number of hydroxylamine groups is 1. The van der Waals surface area contributed by atoms with Gasteiger partial charge in [0.15, 0.2) is 0 Å². The van der Waals surface area contributed by atoms with Gasteiger partial charge in [-0.3, -0.25) is 4.79 Å². The molecule has 0 aliphatic rings. The highest BCUT2D eigenvalue weighted by molar-refractivity contribution is 7.10. The number of nitrogens with one attached hydrogen (secondary N) is 1. The zero-order valence-electron chi connectivity index (χ0n) is 5.70. The molecule has 1 amide bonds. The second-order valence-electron chi connectivity index (χ2n) is 2.00. The fourth-order valence-corrected chi connectivity index (χ4v) is 1.49. The number of thiophene rings is 1. The summed E-state index contributed by atoms with van der Waals surface area (Å²) in [7, 11) is 0. The zero-order valence-corrected chi connectivity index (χ0v) is 6.52. The summed E-state index contributed by atoms with van der Waals surface area (Å²) < 4.78 is 0. The third-order valence-corrected chi connectivity index (χ3v) is 2.13. The molecule has 0 saturated carbocycles. The Kier molecular flexibility index (Phi) is 2.58. The van der Waals surface area contributed by atoms with Gasteiger partial charge in [0.2, 0.25) is 5.91 Å². The van der Waals surface area contributed by atoms with Gasteiger partial charge in [0.1, 0.15) is 0 Å². The van der Waals surface area contributed by atoms with Gasteiger partial charge in [-0.25, -0.2) is 5.48 Å². The van der Waals surface area contributed by atoms with E-state index in [1.807, 2.05) is 5.48 Å². The molecule has 0 aliphatic carbocycles. The molecule has 11 heavy (non-hydrogen) atoms. The normalized spacial score (nSPS) is 9.91. The van der Waals surface area contributed by atoms with E-state index in [1.54, 1.807) is 11.4 Å². The van der Waals surface area contributed by atoms with Gasteiger partial charge in [0.05, 0.1) is 12.1 Å². The molecule has 0 fully saturated rings. The van der Waals surface area contributed by atoms with Crippen LogP contribution in [0.15, 0.2) is 11.4 Å². The third-order valence-electron chi connectivity index (χ3n) is 1.19. The van der Waals surface area contributed by atoms with E-state index in [2.05, 4.69) is 0 Å². The van der Waals surface area contributed by atoms with Crippen molar-refractivity contribution in [1.29, 1.82) is 0 Å². The summed E-state index contributed by atoms with van der Waals surface area (Å²) in [5.74, 6) is -0.439. The number of rotatable bonds is 3. The third kappa shape index (κ3) is 2.01. The highest BCUT2D eigenvalue weighted by atomic mass is 32.1. The van der Waals surface area contributed by atoms with Crippen molar-refractivity contribution in [3.05, 3.63) is 21.9 Å². The van der Waals surface area contributed by atoms with Crippen LogP contribution in [0.5, 0.6) is 0 Å². The van der Waals surface area contributed by atoms with Crippen LogP contribution >= 0.6 is 11.3 Å². The van der Waals surface area contributed by atoms with E-state index in [9.17, 15) is 4.79 Å². The van der Waals surface area contributed by atoms with Gasteiger partial charge < -0.3 is 10.9 Å². The molecule has 0 bridgehead atoms. The Morgan fingerprint density at radius 3 is 3.00 bits per heavy atom. The molecule has 1 aromatic rings. The molecule has 5 heteroatoms. The highest BCUT2D eigenvalue weighted by Crippen LogP contribution is 2.13. The molecule has 1 aromatic heterocycles. The standard InChI is InChI=1S/C6H8N2O2S/c7-6(9)4-1-5(2-8-10)11-3-4/h1,3,8,10H,2H2,(H2,7,9). The summed E-state index contributed by atoms with van der Waals surface area (Å²) in [6.07, 6.45) is 0. The smallest absolute Gasteiger partial charge is 0.249 e. The lowest BCUT2D eigenvalue weighted by Gasteiger charge is -1.89.